The third-order valence-electron chi connectivity index (χ3n) is 3.76. The van der Waals surface area contributed by atoms with Crippen LogP contribution >= 0.6 is 46.3 Å². The van der Waals surface area contributed by atoms with Crippen molar-refractivity contribution in [2.75, 3.05) is 19.1 Å². The van der Waals surface area contributed by atoms with Crippen LogP contribution in [-0.4, -0.2) is 29.6 Å². The maximum atomic E-state index is 12.7. The van der Waals surface area contributed by atoms with Gasteiger partial charge in [-0.05, 0) is 42.7 Å². The molecule has 0 bridgehead atoms. The molecular weight excluding hydrogens is 411 g/mol. The minimum atomic E-state index is -0.408. The molecule has 136 valence electrons. The van der Waals surface area contributed by atoms with Gasteiger partial charge in [-0.3, -0.25) is 4.79 Å². The summed E-state index contributed by atoms with van der Waals surface area (Å²) in [5.74, 6) is 1.28. The van der Waals surface area contributed by atoms with Crippen molar-refractivity contribution in [2.24, 2.45) is 4.99 Å². The Bertz CT molecular complexity index is 1030. The number of carbonyl (C=O) groups is 1. The quantitative estimate of drug-likeness (QED) is 0.568. The molecule has 0 radical (unpaired) electrons. The Morgan fingerprint density at radius 3 is 2.81 bits per heavy atom. The molecule has 3 aromatic rings. The number of ether oxygens (including phenoxy) is 1. The van der Waals surface area contributed by atoms with Crippen LogP contribution in [0.25, 0.3) is 10.2 Å². The Hall–Kier alpha value is -1.47. The summed E-state index contributed by atoms with van der Waals surface area (Å²) >= 11 is 15.3. The number of halogens is 2. The van der Waals surface area contributed by atoms with Gasteiger partial charge in [0.05, 0.1) is 27.9 Å². The Morgan fingerprint density at radius 1 is 1.27 bits per heavy atom. The predicted molar refractivity (Wildman–Crippen MR) is 111 cm³/mol. The van der Waals surface area contributed by atoms with Gasteiger partial charge < -0.3 is 9.30 Å². The summed E-state index contributed by atoms with van der Waals surface area (Å²) in [5.41, 5.74) is 1.32. The molecule has 0 N–H and O–H groups in total. The molecular formula is C18H16Cl2N2O2S2. The number of rotatable bonds is 5. The van der Waals surface area contributed by atoms with Crippen LogP contribution in [0.3, 0.4) is 0 Å². The number of methoxy groups -OCH3 is 1. The van der Waals surface area contributed by atoms with Crippen molar-refractivity contribution in [2.45, 2.75) is 6.54 Å². The first kappa shape index (κ1) is 19.3. The average Bonchev–Trinajstić information content (AvgIpc) is 2.97. The number of carbonyl (C=O) groups excluding carboxylic acids is 1. The van der Waals surface area contributed by atoms with E-state index in [1.54, 1.807) is 31.0 Å². The Morgan fingerprint density at radius 2 is 2.08 bits per heavy atom. The number of thioether (sulfide) groups is 1. The van der Waals surface area contributed by atoms with E-state index in [4.69, 9.17) is 27.9 Å². The Balaban J connectivity index is 2.13. The van der Waals surface area contributed by atoms with Gasteiger partial charge in [-0.15, -0.1) is 0 Å². The minimum absolute atomic E-state index is 0.297. The molecule has 8 heteroatoms. The monoisotopic (exact) mass is 426 g/mol. The minimum Gasteiger partial charge on any atom is -0.497 e. The number of aromatic nitrogens is 1. The second-order valence-corrected chi connectivity index (χ2v) is 8.24. The number of nitrogens with zero attached hydrogens (tertiary/aromatic N) is 2. The van der Waals surface area contributed by atoms with Crippen LogP contribution in [0.1, 0.15) is 10.4 Å². The zero-order chi connectivity index (χ0) is 18.7. The summed E-state index contributed by atoms with van der Waals surface area (Å²) in [6.45, 7) is 0.753. The standard InChI is InChI=1S/C18H16Cl2N2O2S2/c1-24-12-4-6-15-16(10-12)26-18(22(15)7-8-25-2)21-17(23)13-9-11(19)3-5-14(13)20/h3-6,9-10H,7-8H2,1-2H3. The highest BCUT2D eigenvalue weighted by Gasteiger charge is 2.13. The fraction of sp³-hybridized carbons (Fsp3) is 0.222. The number of benzene rings is 2. The molecule has 0 fully saturated rings. The molecule has 0 aliphatic heterocycles. The highest BCUT2D eigenvalue weighted by molar-refractivity contribution is 7.98. The van der Waals surface area contributed by atoms with Crippen molar-refractivity contribution >= 4 is 62.4 Å². The fourth-order valence-electron chi connectivity index (χ4n) is 2.47. The summed E-state index contributed by atoms with van der Waals surface area (Å²) in [5, 5.41) is 0.783. The maximum Gasteiger partial charge on any atom is 0.281 e. The topological polar surface area (TPSA) is 43.6 Å². The molecule has 0 aliphatic carbocycles. The van der Waals surface area contributed by atoms with Gasteiger partial charge in [-0.2, -0.15) is 16.8 Å². The van der Waals surface area contributed by atoms with Gasteiger partial charge in [-0.1, -0.05) is 34.5 Å². The van der Waals surface area contributed by atoms with Gasteiger partial charge in [0.25, 0.3) is 5.91 Å². The number of hydrogen-bond acceptors (Lipinski definition) is 4. The lowest BCUT2D eigenvalue weighted by Crippen LogP contribution is -2.18. The highest BCUT2D eigenvalue weighted by atomic mass is 35.5. The van der Waals surface area contributed by atoms with E-state index in [1.165, 1.54) is 17.4 Å². The molecule has 0 aliphatic rings. The summed E-state index contributed by atoms with van der Waals surface area (Å²) in [6.07, 6.45) is 2.05. The van der Waals surface area contributed by atoms with Crippen LogP contribution in [0, 0.1) is 0 Å². The van der Waals surface area contributed by atoms with Crippen LogP contribution in [0.4, 0.5) is 0 Å². The largest absolute Gasteiger partial charge is 0.497 e. The van der Waals surface area contributed by atoms with Gasteiger partial charge in [0.2, 0.25) is 0 Å². The molecule has 2 aromatic carbocycles. The molecule has 0 atom stereocenters. The lowest BCUT2D eigenvalue weighted by Gasteiger charge is -2.05. The summed E-state index contributed by atoms with van der Waals surface area (Å²) in [6, 6.07) is 10.6. The number of amides is 1. The average molecular weight is 427 g/mol. The van der Waals surface area contributed by atoms with Crippen molar-refractivity contribution in [3.05, 3.63) is 56.8 Å². The molecule has 26 heavy (non-hydrogen) atoms. The van der Waals surface area contributed by atoms with Crippen LogP contribution < -0.4 is 9.54 Å². The van der Waals surface area contributed by atoms with E-state index in [9.17, 15) is 4.79 Å². The number of hydrogen-bond donors (Lipinski definition) is 0. The lowest BCUT2D eigenvalue weighted by molar-refractivity contribution is 0.0998. The zero-order valence-corrected chi connectivity index (χ0v) is 17.3. The summed E-state index contributed by atoms with van der Waals surface area (Å²) < 4.78 is 8.35. The molecule has 3 rings (SSSR count). The van der Waals surface area contributed by atoms with Gasteiger partial charge in [-0.25, -0.2) is 0 Å². The zero-order valence-electron chi connectivity index (χ0n) is 14.2. The molecule has 1 amide bonds. The van der Waals surface area contributed by atoms with Crippen LogP contribution in [-0.2, 0) is 6.54 Å². The van der Waals surface area contributed by atoms with E-state index in [-0.39, 0.29) is 0 Å². The van der Waals surface area contributed by atoms with Gasteiger partial charge in [0.1, 0.15) is 5.75 Å². The lowest BCUT2D eigenvalue weighted by atomic mass is 10.2. The van der Waals surface area contributed by atoms with Crippen LogP contribution in [0.5, 0.6) is 5.75 Å². The van der Waals surface area contributed by atoms with Gasteiger partial charge >= 0.3 is 0 Å². The van der Waals surface area contributed by atoms with E-state index < -0.39 is 5.91 Å². The van der Waals surface area contributed by atoms with Crippen molar-refractivity contribution < 1.29 is 9.53 Å². The second-order valence-electron chi connectivity index (χ2n) is 5.40. The number of fused-ring (bicyclic) bond motifs is 1. The third kappa shape index (κ3) is 4.09. The highest BCUT2D eigenvalue weighted by Crippen LogP contribution is 2.24. The van der Waals surface area contributed by atoms with Crippen molar-refractivity contribution in [1.82, 2.24) is 4.57 Å². The first-order valence-electron chi connectivity index (χ1n) is 7.74. The van der Waals surface area contributed by atoms with Crippen molar-refractivity contribution in [1.29, 1.82) is 0 Å². The molecule has 4 nitrogen and oxygen atoms in total. The molecule has 1 heterocycles. The number of aryl methyl sites for hydroxylation is 1. The Labute approximate surface area is 169 Å². The second kappa shape index (κ2) is 8.48. The first-order valence-corrected chi connectivity index (χ1v) is 10.7. The third-order valence-corrected chi connectivity index (χ3v) is 5.96. The van der Waals surface area contributed by atoms with E-state index in [2.05, 4.69) is 4.99 Å². The molecule has 0 saturated carbocycles. The van der Waals surface area contributed by atoms with Crippen molar-refractivity contribution in [3.8, 4) is 5.75 Å². The smallest absolute Gasteiger partial charge is 0.281 e. The number of thiazole rings is 1. The van der Waals surface area contributed by atoms with E-state index in [0.29, 0.717) is 20.4 Å². The fourth-order valence-corrected chi connectivity index (χ4v) is 4.29. The molecule has 0 spiro atoms. The normalized spacial score (nSPS) is 11.9. The van der Waals surface area contributed by atoms with E-state index in [0.717, 1.165) is 28.3 Å². The summed E-state index contributed by atoms with van der Waals surface area (Å²) in [4.78, 5) is 17.6. The van der Waals surface area contributed by atoms with E-state index in [1.807, 2.05) is 29.0 Å². The summed E-state index contributed by atoms with van der Waals surface area (Å²) in [7, 11) is 1.63. The van der Waals surface area contributed by atoms with Gasteiger partial charge in [0.15, 0.2) is 4.80 Å². The van der Waals surface area contributed by atoms with Crippen molar-refractivity contribution in [3.63, 3.8) is 0 Å². The Kier molecular flexibility index (Phi) is 6.29. The SMILES string of the molecule is COc1ccc2c(c1)sc(=NC(=O)c1cc(Cl)ccc1Cl)n2CCSC. The van der Waals surface area contributed by atoms with Crippen LogP contribution in [0.2, 0.25) is 10.0 Å². The molecule has 0 unspecified atom stereocenters. The van der Waals surface area contributed by atoms with E-state index >= 15 is 0 Å². The first-order chi connectivity index (χ1) is 12.5. The maximum absolute atomic E-state index is 12.7. The van der Waals surface area contributed by atoms with Gasteiger partial charge in [0, 0.05) is 17.3 Å². The predicted octanol–water partition coefficient (Wildman–Crippen LogP) is 5.12. The molecule has 1 aromatic heterocycles. The van der Waals surface area contributed by atoms with Crippen LogP contribution in [0.15, 0.2) is 41.4 Å². The molecule has 0 saturated heterocycles.